The number of benzene rings is 1. The van der Waals surface area contributed by atoms with Crippen LogP contribution in [0.15, 0.2) is 34.0 Å². The molecule has 3 aromatic rings. The third-order valence-corrected chi connectivity index (χ3v) is 4.51. The zero-order valence-corrected chi connectivity index (χ0v) is 16.0. The number of nitrogens with one attached hydrogen (secondary N) is 3. The van der Waals surface area contributed by atoms with Gasteiger partial charge in [-0.2, -0.15) is 0 Å². The fraction of sp³-hybridized carbons (Fsp3) is 0.300. The molecule has 28 heavy (non-hydrogen) atoms. The molecule has 0 saturated heterocycles. The molecule has 8 nitrogen and oxygen atoms in total. The van der Waals surface area contributed by atoms with Gasteiger partial charge in [-0.1, -0.05) is 23.8 Å². The van der Waals surface area contributed by atoms with E-state index in [1.165, 1.54) is 24.2 Å². The number of hydrogen-bond acceptors (Lipinski definition) is 6. The molecular formula is C20H22N4O4. The summed E-state index contributed by atoms with van der Waals surface area (Å²) in [5.41, 5.74) is 3.78. The van der Waals surface area contributed by atoms with E-state index in [0.29, 0.717) is 24.2 Å². The zero-order valence-electron chi connectivity index (χ0n) is 16.0. The predicted molar refractivity (Wildman–Crippen MR) is 105 cm³/mol. The molecule has 0 bridgehead atoms. The highest BCUT2D eigenvalue weighted by Gasteiger charge is 2.14. The lowest BCUT2D eigenvalue weighted by Crippen LogP contribution is -2.25. The molecule has 0 radical (unpaired) electrons. The van der Waals surface area contributed by atoms with Gasteiger partial charge in [0.2, 0.25) is 0 Å². The van der Waals surface area contributed by atoms with Crippen molar-refractivity contribution in [3.63, 3.8) is 0 Å². The standard InChI is InChI=1S/C20H22N4O4/c1-11-4-5-12(2)14(6-11)7-21-9-16-15(10-28-13(3)25)8-22-18-17(16)19(26)24-20(27)23-18/h4-6,8,21H,7,9-10H2,1-3H3,(H2,22,23,24,26,27). The van der Waals surface area contributed by atoms with Gasteiger partial charge in [0.1, 0.15) is 12.3 Å². The number of carbonyl (C=O) groups is 1. The molecule has 0 aliphatic heterocycles. The summed E-state index contributed by atoms with van der Waals surface area (Å²) in [5.74, 6) is -0.426. The highest BCUT2D eigenvalue weighted by atomic mass is 16.5. The van der Waals surface area contributed by atoms with Crippen molar-refractivity contribution in [1.82, 2.24) is 20.3 Å². The number of carbonyl (C=O) groups excluding carboxylic acids is 1. The lowest BCUT2D eigenvalue weighted by Gasteiger charge is -2.14. The Labute approximate surface area is 161 Å². The maximum atomic E-state index is 12.4. The molecule has 0 aliphatic rings. The van der Waals surface area contributed by atoms with Crippen LogP contribution >= 0.6 is 0 Å². The van der Waals surface area contributed by atoms with Crippen molar-refractivity contribution in [1.29, 1.82) is 0 Å². The monoisotopic (exact) mass is 382 g/mol. The van der Waals surface area contributed by atoms with Crippen LogP contribution in [0.4, 0.5) is 0 Å². The second-order valence-electron chi connectivity index (χ2n) is 6.71. The van der Waals surface area contributed by atoms with E-state index >= 15 is 0 Å². The van der Waals surface area contributed by atoms with Crippen molar-refractivity contribution in [2.24, 2.45) is 0 Å². The fourth-order valence-electron chi connectivity index (χ4n) is 3.05. The van der Waals surface area contributed by atoms with Crippen LogP contribution in [0.2, 0.25) is 0 Å². The van der Waals surface area contributed by atoms with Crippen molar-refractivity contribution >= 4 is 17.0 Å². The van der Waals surface area contributed by atoms with E-state index in [1.54, 1.807) is 0 Å². The van der Waals surface area contributed by atoms with Crippen molar-refractivity contribution in [3.05, 3.63) is 73.1 Å². The number of aromatic amines is 2. The van der Waals surface area contributed by atoms with Crippen LogP contribution in [0.3, 0.4) is 0 Å². The number of aromatic nitrogens is 3. The number of esters is 1. The average molecular weight is 382 g/mol. The summed E-state index contributed by atoms with van der Waals surface area (Å²) in [6.07, 6.45) is 1.51. The topological polar surface area (TPSA) is 117 Å². The first-order chi connectivity index (χ1) is 13.3. The van der Waals surface area contributed by atoms with Gasteiger partial charge >= 0.3 is 11.7 Å². The molecule has 0 aliphatic carbocycles. The minimum atomic E-state index is -0.618. The summed E-state index contributed by atoms with van der Waals surface area (Å²) in [4.78, 5) is 44.0. The van der Waals surface area contributed by atoms with Gasteiger partial charge in [0.25, 0.3) is 5.56 Å². The fourth-order valence-corrected chi connectivity index (χ4v) is 3.05. The van der Waals surface area contributed by atoms with E-state index in [0.717, 1.165) is 5.56 Å². The van der Waals surface area contributed by atoms with Crippen LogP contribution in [0.5, 0.6) is 0 Å². The van der Waals surface area contributed by atoms with Crippen LogP contribution in [-0.2, 0) is 29.2 Å². The average Bonchev–Trinajstić information content (AvgIpc) is 2.63. The van der Waals surface area contributed by atoms with E-state index < -0.39 is 17.2 Å². The van der Waals surface area contributed by atoms with Gasteiger partial charge in [-0.05, 0) is 30.5 Å². The Morgan fingerprint density at radius 2 is 1.93 bits per heavy atom. The molecule has 0 amide bonds. The molecule has 3 N–H and O–H groups in total. The molecule has 0 saturated carbocycles. The van der Waals surface area contributed by atoms with Gasteiger partial charge in [-0.25, -0.2) is 9.78 Å². The normalized spacial score (nSPS) is 11.0. The highest BCUT2D eigenvalue weighted by Crippen LogP contribution is 2.17. The molecule has 3 rings (SSSR count). The number of H-pyrrole nitrogens is 2. The van der Waals surface area contributed by atoms with Gasteiger partial charge in [0.05, 0.1) is 5.39 Å². The molecule has 0 unspecified atom stereocenters. The van der Waals surface area contributed by atoms with E-state index in [9.17, 15) is 14.4 Å². The Kier molecular flexibility index (Phi) is 5.70. The summed E-state index contributed by atoms with van der Waals surface area (Å²) >= 11 is 0. The number of ether oxygens (including phenoxy) is 1. The SMILES string of the molecule is CC(=O)OCc1cnc2[nH]c(=O)[nH]c(=O)c2c1CNCc1cc(C)ccc1C. The molecule has 0 fully saturated rings. The summed E-state index contributed by atoms with van der Waals surface area (Å²) in [6, 6.07) is 6.23. The minimum absolute atomic E-state index is 0.00265. The van der Waals surface area contributed by atoms with Crippen molar-refractivity contribution in [3.8, 4) is 0 Å². The van der Waals surface area contributed by atoms with E-state index in [2.05, 4.69) is 38.5 Å². The third kappa shape index (κ3) is 4.34. The maximum Gasteiger partial charge on any atom is 0.327 e. The quantitative estimate of drug-likeness (QED) is 0.557. The Morgan fingerprint density at radius 1 is 1.14 bits per heavy atom. The van der Waals surface area contributed by atoms with Gasteiger partial charge in [0.15, 0.2) is 0 Å². The Morgan fingerprint density at radius 3 is 2.68 bits per heavy atom. The molecule has 0 atom stereocenters. The zero-order chi connectivity index (χ0) is 20.3. The molecule has 2 heterocycles. The number of rotatable bonds is 6. The predicted octanol–water partition coefficient (Wildman–Crippen LogP) is 1.58. The van der Waals surface area contributed by atoms with Crippen LogP contribution < -0.4 is 16.6 Å². The second-order valence-corrected chi connectivity index (χ2v) is 6.71. The molecular weight excluding hydrogens is 360 g/mol. The molecule has 146 valence electrons. The van der Waals surface area contributed by atoms with Crippen LogP contribution in [0, 0.1) is 13.8 Å². The smallest absolute Gasteiger partial charge is 0.327 e. The Hall–Kier alpha value is -3.26. The highest BCUT2D eigenvalue weighted by molar-refractivity contribution is 5.78. The van der Waals surface area contributed by atoms with Gasteiger partial charge in [0, 0.05) is 31.8 Å². The second kappa shape index (κ2) is 8.18. The number of nitrogens with zero attached hydrogens (tertiary/aromatic N) is 1. The Bertz CT molecular complexity index is 1150. The van der Waals surface area contributed by atoms with Crippen LogP contribution in [0.25, 0.3) is 11.0 Å². The first-order valence-corrected chi connectivity index (χ1v) is 8.88. The number of fused-ring (bicyclic) bond motifs is 1. The molecule has 2 aromatic heterocycles. The van der Waals surface area contributed by atoms with Gasteiger partial charge in [-0.3, -0.25) is 19.6 Å². The van der Waals surface area contributed by atoms with Crippen molar-refractivity contribution in [2.75, 3.05) is 0 Å². The van der Waals surface area contributed by atoms with Crippen LogP contribution in [-0.4, -0.2) is 20.9 Å². The lowest BCUT2D eigenvalue weighted by molar-refractivity contribution is -0.142. The summed E-state index contributed by atoms with van der Waals surface area (Å²) in [7, 11) is 0. The largest absolute Gasteiger partial charge is 0.461 e. The van der Waals surface area contributed by atoms with Crippen molar-refractivity contribution < 1.29 is 9.53 Å². The lowest BCUT2D eigenvalue weighted by atomic mass is 10.0. The first-order valence-electron chi connectivity index (χ1n) is 8.88. The van der Waals surface area contributed by atoms with Crippen LogP contribution in [0.1, 0.15) is 34.7 Å². The van der Waals surface area contributed by atoms with E-state index in [4.69, 9.17) is 4.74 Å². The summed E-state index contributed by atoms with van der Waals surface area (Å²) in [5, 5.41) is 3.61. The molecule has 1 aromatic carbocycles. The minimum Gasteiger partial charge on any atom is -0.461 e. The first kappa shape index (κ1) is 19.5. The number of pyridine rings is 1. The van der Waals surface area contributed by atoms with E-state index in [-0.39, 0.29) is 17.6 Å². The summed E-state index contributed by atoms with van der Waals surface area (Å²) in [6.45, 7) is 6.34. The van der Waals surface area contributed by atoms with Crippen molar-refractivity contribution in [2.45, 2.75) is 40.5 Å². The van der Waals surface area contributed by atoms with Gasteiger partial charge < -0.3 is 10.1 Å². The number of hydrogen-bond donors (Lipinski definition) is 3. The third-order valence-electron chi connectivity index (χ3n) is 4.51. The molecule has 8 heteroatoms. The van der Waals surface area contributed by atoms with E-state index in [1.807, 2.05) is 13.8 Å². The van der Waals surface area contributed by atoms with Gasteiger partial charge in [-0.15, -0.1) is 0 Å². The maximum absolute atomic E-state index is 12.4. The number of aryl methyl sites for hydroxylation is 2. The summed E-state index contributed by atoms with van der Waals surface area (Å²) < 4.78 is 5.09. The Balaban J connectivity index is 1.95. The molecule has 0 spiro atoms.